The topological polar surface area (TPSA) is 61.0 Å². The monoisotopic (exact) mass is 273 g/mol. The van der Waals surface area contributed by atoms with Crippen molar-refractivity contribution in [2.45, 2.75) is 39.7 Å². The van der Waals surface area contributed by atoms with Gasteiger partial charge in [-0.15, -0.1) is 0 Å². The first-order valence-electron chi connectivity index (χ1n) is 6.73. The molecule has 0 saturated carbocycles. The highest BCUT2D eigenvalue weighted by Gasteiger charge is 2.18. The zero-order valence-electron chi connectivity index (χ0n) is 12.2. The van der Waals surface area contributed by atoms with Crippen LogP contribution in [-0.2, 0) is 0 Å². The Balaban J connectivity index is 2.49. The van der Waals surface area contributed by atoms with Crippen LogP contribution in [0.2, 0.25) is 0 Å². The number of aromatic nitrogens is 2. The summed E-state index contributed by atoms with van der Waals surface area (Å²) >= 11 is 0. The van der Waals surface area contributed by atoms with Gasteiger partial charge in [-0.25, -0.2) is 4.98 Å². The Kier molecular flexibility index (Phi) is 3.88. The molecular weight excluding hydrogens is 254 g/mol. The van der Waals surface area contributed by atoms with E-state index in [0.717, 1.165) is 17.0 Å². The van der Waals surface area contributed by atoms with E-state index in [1.54, 1.807) is 12.1 Å². The van der Waals surface area contributed by atoms with Crippen molar-refractivity contribution in [2.75, 3.05) is 0 Å². The summed E-state index contributed by atoms with van der Waals surface area (Å²) in [6, 6.07) is 6.90. The zero-order chi connectivity index (χ0) is 14.9. The smallest absolute Gasteiger partial charge is 0.269 e. The highest BCUT2D eigenvalue weighted by Crippen LogP contribution is 2.31. The van der Waals surface area contributed by atoms with Gasteiger partial charge in [-0.2, -0.15) is 0 Å². The van der Waals surface area contributed by atoms with Crippen LogP contribution in [0.25, 0.3) is 11.3 Å². The van der Waals surface area contributed by atoms with Crippen molar-refractivity contribution in [1.29, 1.82) is 0 Å². The highest BCUT2D eigenvalue weighted by molar-refractivity contribution is 5.64. The normalized spacial score (nSPS) is 11.3. The van der Waals surface area contributed by atoms with E-state index in [2.05, 4.69) is 37.2 Å². The van der Waals surface area contributed by atoms with Gasteiger partial charge in [-0.3, -0.25) is 10.1 Å². The Morgan fingerprint density at radius 3 is 2.20 bits per heavy atom. The predicted molar refractivity (Wildman–Crippen MR) is 78.8 cm³/mol. The van der Waals surface area contributed by atoms with Crippen molar-refractivity contribution in [1.82, 2.24) is 9.55 Å². The SMILES string of the molecule is CC(C)c1c(-c2ccc([N+](=O)[O-])cc2)ncn1C(C)C. The summed E-state index contributed by atoms with van der Waals surface area (Å²) in [5.74, 6) is 0.338. The first-order chi connectivity index (χ1) is 9.41. The van der Waals surface area contributed by atoms with Crippen LogP contribution in [0.4, 0.5) is 5.69 Å². The van der Waals surface area contributed by atoms with E-state index in [1.165, 1.54) is 12.1 Å². The van der Waals surface area contributed by atoms with Gasteiger partial charge in [-0.1, -0.05) is 13.8 Å². The second kappa shape index (κ2) is 5.45. The van der Waals surface area contributed by atoms with Crippen LogP contribution in [0.3, 0.4) is 0 Å². The van der Waals surface area contributed by atoms with Gasteiger partial charge in [-0.05, 0) is 31.9 Å². The Morgan fingerprint density at radius 2 is 1.75 bits per heavy atom. The third-order valence-corrected chi connectivity index (χ3v) is 3.29. The fraction of sp³-hybridized carbons (Fsp3) is 0.400. The molecule has 0 radical (unpaired) electrons. The van der Waals surface area contributed by atoms with Crippen molar-refractivity contribution < 1.29 is 4.92 Å². The number of rotatable bonds is 4. The second-order valence-electron chi connectivity index (χ2n) is 5.44. The minimum absolute atomic E-state index is 0.100. The lowest BCUT2D eigenvalue weighted by Crippen LogP contribution is -2.06. The molecule has 0 atom stereocenters. The molecule has 20 heavy (non-hydrogen) atoms. The van der Waals surface area contributed by atoms with Gasteiger partial charge in [0.05, 0.1) is 16.9 Å². The molecular formula is C15H19N3O2. The van der Waals surface area contributed by atoms with Crippen molar-refractivity contribution in [3.05, 3.63) is 46.4 Å². The number of imidazole rings is 1. The summed E-state index contributed by atoms with van der Waals surface area (Å²) in [4.78, 5) is 14.8. The summed E-state index contributed by atoms with van der Waals surface area (Å²) in [6.45, 7) is 8.50. The molecule has 5 nitrogen and oxygen atoms in total. The van der Waals surface area contributed by atoms with Crippen LogP contribution in [0.1, 0.15) is 45.3 Å². The van der Waals surface area contributed by atoms with E-state index in [4.69, 9.17) is 0 Å². The molecule has 106 valence electrons. The molecule has 5 heteroatoms. The first kappa shape index (κ1) is 14.2. The maximum absolute atomic E-state index is 10.7. The van der Waals surface area contributed by atoms with Crippen molar-refractivity contribution in [3.63, 3.8) is 0 Å². The minimum Gasteiger partial charge on any atom is -0.331 e. The predicted octanol–water partition coefficient (Wildman–Crippen LogP) is 4.16. The Morgan fingerprint density at radius 1 is 1.15 bits per heavy atom. The Hall–Kier alpha value is -2.17. The Bertz CT molecular complexity index is 613. The molecule has 1 aromatic heterocycles. The number of non-ortho nitro benzene ring substituents is 1. The average Bonchev–Trinajstić information content (AvgIpc) is 2.83. The first-order valence-corrected chi connectivity index (χ1v) is 6.73. The molecule has 0 fully saturated rings. The molecule has 0 aliphatic rings. The van der Waals surface area contributed by atoms with E-state index in [0.29, 0.717) is 12.0 Å². The molecule has 1 aromatic carbocycles. The van der Waals surface area contributed by atoms with Crippen LogP contribution in [0.15, 0.2) is 30.6 Å². The van der Waals surface area contributed by atoms with Crippen molar-refractivity contribution in [3.8, 4) is 11.3 Å². The maximum atomic E-state index is 10.7. The van der Waals surface area contributed by atoms with Gasteiger partial charge in [0.25, 0.3) is 5.69 Å². The van der Waals surface area contributed by atoms with E-state index >= 15 is 0 Å². The van der Waals surface area contributed by atoms with Crippen LogP contribution < -0.4 is 0 Å². The van der Waals surface area contributed by atoms with Gasteiger partial charge >= 0.3 is 0 Å². The molecule has 0 amide bonds. The van der Waals surface area contributed by atoms with Gasteiger partial charge in [0.2, 0.25) is 0 Å². The van der Waals surface area contributed by atoms with E-state index in [-0.39, 0.29) is 10.6 Å². The molecule has 0 unspecified atom stereocenters. The van der Waals surface area contributed by atoms with Crippen LogP contribution in [-0.4, -0.2) is 14.5 Å². The second-order valence-corrected chi connectivity index (χ2v) is 5.44. The zero-order valence-corrected chi connectivity index (χ0v) is 12.2. The van der Waals surface area contributed by atoms with E-state index < -0.39 is 0 Å². The lowest BCUT2D eigenvalue weighted by molar-refractivity contribution is -0.384. The van der Waals surface area contributed by atoms with Crippen LogP contribution in [0, 0.1) is 10.1 Å². The number of hydrogen-bond donors (Lipinski definition) is 0. The molecule has 0 N–H and O–H groups in total. The summed E-state index contributed by atoms with van der Waals surface area (Å²) in [6.07, 6.45) is 1.84. The van der Waals surface area contributed by atoms with Gasteiger partial charge in [0.15, 0.2) is 0 Å². The highest BCUT2D eigenvalue weighted by atomic mass is 16.6. The lowest BCUT2D eigenvalue weighted by atomic mass is 10.0. The molecule has 0 saturated heterocycles. The molecule has 0 aliphatic carbocycles. The summed E-state index contributed by atoms with van der Waals surface area (Å²) in [5.41, 5.74) is 3.08. The number of nitrogens with zero attached hydrogens (tertiary/aromatic N) is 3. The van der Waals surface area contributed by atoms with Crippen molar-refractivity contribution in [2.24, 2.45) is 0 Å². The molecule has 0 bridgehead atoms. The molecule has 1 heterocycles. The third-order valence-electron chi connectivity index (χ3n) is 3.29. The van der Waals surface area contributed by atoms with Crippen molar-refractivity contribution >= 4 is 5.69 Å². The standard InChI is InChI=1S/C15H19N3O2/c1-10(2)15-14(16-9-17(15)11(3)4)12-5-7-13(8-6-12)18(19)20/h5-11H,1-4H3. The van der Waals surface area contributed by atoms with Gasteiger partial charge < -0.3 is 4.57 Å². The summed E-state index contributed by atoms with van der Waals surface area (Å²) in [7, 11) is 0. The molecule has 0 spiro atoms. The van der Waals surface area contributed by atoms with Gasteiger partial charge in [0.1, 0.15) is 0 Å². The van der Waals surface area contributed by atoms with E-state index in [1.807, 2.05) is 6.33 Å². The lowest BCUT2D eigenvalue weighted by Gasteiger charge is -2.16. The maximum Gasteiger partial charge on any atom is 0.269 e. The van der Waals surface area contributed by atoms with Crippen LogP contribution >= 0.6 is 0 Å². The minimum atomic E-state index is -0.389. The molecule has 0 aliphatic heterocycles. The Labute approximate surface area is 118 Å². The summed E-state index contributed by atoms with van der Waals surface area (Å²) < 4.78 is 2.15. The summed E-state index contributed by atoms with van der Waals surface area (Å²) in [5, 5.41) is 10.7. The van der Waals surface area contributed by atoms with Gasteiger partial charge in [0, 0.05) is 29.4 Å². The number of hydrogen-bond acceptors (Lipinski definition) is 3. The third kappa shape index (κ3) is 2.57. The molecule has 2 rings (SSSR count). The number of nitro groups is 1. The largest absolute Gasteiger partial charge is 0.331 e. The average molecular weight is 273 g/mol. The fourth-order valence-electron chi connectivity index (χ4n) is 2.32. The quantitative estimate of drug-likeness (QED) is 0.620. The fourth-order valence-corrected chi connectivity index (χ4v) is 2.32. The number of benzene rings is 1. The van der Waals surface area contributed by atoms with Crippen LogP contribution in [0.5, 0.6) is 0 Å². The van der Waals surface area contributed by atoms with E-state index in [9.17, 15) is 10.1 Å². The number of nitro benzene ring substituents is 1. The molecule has 2 aromatic rings.